The van der Waals surface area contributed by atoms with Crippen LogP contribution in [-0.4, -0.2) is 36.6 Å². The van der Waals surface area contributed by atoms with E-state index < -0.39 is 5.72 Å². The van der Waals surface area contributed by atoms with Crippen LogP contribution in [0.1, 0.15) is 36.4 Å². The molecule has 0 aromatic heterocycles. The Hall–Kier alpha value is -2.24. The molecule has 27 heavy (non-hydrogen) atoms. The highest BCUT2D eigenvalue weighted by molar-refractivity contribution is 6.30. The summed E-state index contributed by atoms with van der Waals surface area (Å²) in [6.45, 7) is 2.08. The number of para-hydroxylation sites is 1. The number of hydrogen-bond donors (Lipinski definition) is 1. The predicted octanol–water partition coefficient (Wildman–Crippen LogP) is 2.95. The molecule has 3 aliphatic rings. The lowest BCUT2D eigenvalue weighted by Crippen LogP contribution is -2.89. The Bertz CT molecular complexity index is 891. The fourth-order valence-electron chi connectivity index (χ4n) is 4.50. The van der Waals surface area contributed by atoms with Gasteiger partial charge in [-0.1, -0.05) is 35.9 Å². The molecule has 1 atom stereocenters. The van der Waals surface area contributed by atoms with Crippen LogP contribution in [0.25, 0.3) is 0 Å². The van der Waals surface area contributed by atoms with Gasteiger partial charge >= 0.3 is 0 Å². The molecule has 1 saturated heterocycles. The summed E-state index contributed by atoms with van der Waals surface area (Å²) in [6.07, 6.45) is 2.74. The number of nitrogens with zero attached hydrogens (tertiary/aromatic N) is 2. The minimum absolute atomic E-state index is 0.174. The summed E-state index contributed by atoms with van der Waals surface area (Å²) in [5, 5.41) is 10.4. The van der Waals surface area contributed by atoms with Crippen molar-refractivity contribution in [2.75, 3.05) is 20.2 Å². The van der Waals surface area contributed by atoms with Crippen LogP contribution in [0.5, 0.6) is 11.5 Å². The van der Waals surface area contributed by atoms with E-state index in [4.69, 9.17) is 26.2 Å². The van der Waals surface area contributed by atoms with Gasteiger partial charge < -0.3 is 14.8 Å². The van der Waals surface area contributed by atoms with Gasteiger partial charge in [-0.3, -0.25) is 0 Å². The summed E-state index contributed by atoms with van der Waals surface area (Å²) in [7, 11) is 1.71. The Morgan fingerprint density at radius 1 is 1.19 bits per heavy atom. The minimum Gasteiger partial charge on any atom is -0.493 e. The van der Waals surface area contributed by atoms with Crippen molar-refractivity contribution in [1.82, 2.24) is 5.01 Å². The fraction of sp³-hybridized carbons (Fsp3) is 0.381. The normalized spacial score (nSPS) is 22.7. The third kappa shape index (κ3) is 2.68. The van der Waals surface area contributed by atoms with Gasteiger partial charge in [-0.2, -0.15) is 5.10 Å². The third-order valence-electron chi connectivity index (χ3n) is 5.86. The first-order valence-electron chi connectivity index (χ1n) is 9.50. The van der Waals surface area contributed by atoms with Gasteiger partial charge in [-0.05, 0) is 23.8 Å². The standard InChI is InChI=1S/C21H22ClN3O2/c1-26-19-4-2-3-16-18-13-17(14-5-7-15(22)8-6-14)24-25(18)21(27-20(16)19)9-11-23-12-10-21/h2-8,18,23H,9-13H2,1H3/p+1/t18-/m0/s1. The fourth-order valence-corrected chi connectivity index (χ4v) is 4.63. The van der Waals surface area contributed by atoms with Crippen molar-refractivity contribution >= 4 is 17.3 Å². The molecule has 2 N–H and O–H groups in total. The Morgan fingerprint density at radius 2 is 1.96 bits per heavy atom. The number of quaternary nitrogens is 1. The van der Waals surface area contributed by atoms with Gasteiger partial charge in [0.15, 0.2) is 11.5 Å². The second kappa shape index (κ2) is 6.43. The maximum atomic E-state index is 6.65. The van der Waals surface area contributed by atoms with Crippen molar-refractivity contribution in [1.29, 1.82) is 0 Å². The molecule has 3 heterocycles. The second-order valence-electron chi connectivity index (χ2n) is 7.41. The van der Waals surface area contributed by atoms with Crippen LogP contribution in [0.2, 0.25) is 5.02 Å². The van der Waals surface area contributed by atoms with Crippen molar-refractivity contribution in [2.45, 2.75) is 31.0 Å². The zero-order chi connectivity index (χ0) is 18.4. The topological polar surface area (TPSA) is 50.7 Å². The zero-order valence-corrected chi connectivity index (χ0v) is 16.1. The molecule has 0 bridgehead atoms. The lowest BCUT2D eigenvalue weighted by Gasteiger charge is -2.48. The van der Waals surface area contributed by atoms with Crippen LogP contribution in [0.3, 0.4) is 0 Å². The Kier molecular flexibility index (Phi) is 4.02. The molecular weight excluding hydrogens is 362 g/mol. The van der Waals surface area contributed by atoms with Crippen LogP contribution in [0.15, 0.2) is 47.6 Å². The first-order valence-corrected chi connectivity index (χ1v) is 9.88. The highest BCUT2D eigenvalue weighted by Crippen LogP contribution is 2.52. The molecule has 140 valence electrons. The molecule has 2 aromatic rings. The average molecular weight is 385 g/mol. The van der Waals surface area contributed by atoms with E-state index in [0.717, 1.165) is 65.7 Å². The molecule has 6 heteroatoms. The number of methoxy groups -OCH3 is 1. The second-order valence-corrected chi connectivity index (χ2v) is 7.85. The zero-order valence-electron chi connectivity index (χ0n) is 15.3. The van der Waals surface area contributed by atoms with Crippen LogP contribution >= 0.6 is 11.6 Å². The number of hydrogen-bond acceptors (Lipinski definition) is 4. The molecule has 1 spiro atoms. The molecule has 0 aliphatic carbocycles. The summed E-state index contributed by atoms with van der Waals surface area (Å²) in [4.78, 5) is 0. The van der Waals surface area contributed by atoms with Crippen molar-refractivity contribution in [2.24, 2.45) is 5.10 Å². The maximum Gasteiger partial charge on any atom is 0.209 e. The van der Waals surface area contributed by atoms with E-state index in [9.17, 15) is 0 Å². The van der Waals surface area contributed by atoms with Gasteiger partial charge in [-0.15, -0.1) is 0 Å². The maximum absolute atomic E-state index is 6.65. The van der Waals surface area contributed by atoms with Gasteiger partial charge in [0, 0.05) is 17.0 Å². The van der Waals surface area contributed by atoms with Gasteiger partial charge in [0.2, 0.25) is 5.72 Å². The molecule has 5 nitrogen and oxygen atoms in total. The SMILES string of the molecule is COc1cccc2c1OC1(CC[NH2+]CC1)N1N=C(c3ccc(Cl)cc3)C[C@@H]21. The number of fused-ring (bicyclic) bond motifs is 4. The molecule has 0 unspecified atom stereocenters. The lowest BCUT2D eigenvalue weighted by molar-refractivity contribution is -0.670. The number of halogens is 1. The van der Waals surface area contributed by atoms with E-state index in [1.807, 2.05) is 36.4 Å². The van der Waals surface area contributed by atoms with E-state index in [2.05, 4.69) is 16.4 Å². The Balaban J connectivity index is 1.61. The molecule has 0 saturated carbocycles. The van der Waals surface area contributed by atoms with Crippen LogP contribution in [-0.2, 0) is 0 Å². The predicted molar refractivity (Wildman–Crippen MR) is 104 cm³/mol. The number of piperidine rings is 1. The number of hydrazone groups is 1. The smallest absolute Gasteiger partial charge is 0.209 e. The van der Waals surface area contributed by atoms with Gasteiger partial charge in [0.25, 0.3) is 0 Å². The molecular formula is C21H23ClN3O2+. The van der Waals surface area contributed by atoms with Gasteiger partial charge in [0.05, 0.1) is 44.8 Å². The average Bonchev–Trinajstić information content (AvgIpc) is 3.16. The number of ether oxygens (including phenoxy) is 2. The summed E-state index contributed by atoms with van der Waals surface area (Å²) < 4.78 is 12.3. The largest absolute Gasteiger partial charge is 0.493 e. The van der Waals surface area contributed by atoms with Crippen molar-refractivity contribution in [3.63, 3.8) is 0 Å². The van der Waals surface area contributed by atoms with E-state index in [-0.39, 0.29) is 6.04 Å². The first kappa shape index (κ1) is 16.9. The van der Waals surface area contributed by atoms with Gasteiger partial charge in [-0.25, -0.2) is 5.01 Å². The van der Waals surface area contributed by atoms with Crippen LogP contribution in [0, 0.1) is 0 Å². The van der Waals surface area contributed by atoms with Crippen LogP contribution in [0.4, 0.5) is 0 Å². The highest BCUT2D eigenvalue weighted by atomic mass is 35.5. The molecule has 1 fully saturated rings. The first-order chi connectivity index (χ1) is 13.2. The lowest BCUT2D eigenvalue weighted by atomic mass is 9.91. The molecule has 2 aromatic carbocycles. The number of nitrogens with two attached hydrogens (primary N) is 1. The van der Waals surface area contributed by atoms with Crippen LogP contribution < -0.4 is 14.8 Å². The Labute approximate surface area is 163 Å². The van der Waals surface area contributed by atoms with E-state index in [0.29, 0.717) is 0 Å². The summed E-state index contributed by atoms with van der Waals surface area (Å²) in [5.74, 6) is 1.69. The molecule has 0 amide bonds. The highest BCUT2D eigenvalue weighted by Gasteiger charge is 2.52. The molecule has 5 rings (SSSR count). The minimum atomic E-state index is -0.394. The van der Waals surface area contributed by atoms with Crippen molar-refractivity contribution in [3.05, 3.63) is 58.6 Å². The monoisotopic (exact) mass is 384 g/mol. The molecule has 0 radical (unpaired) electrons. The van der Waals surface area contributed by atoms with Crippen molar-refractivity contribution < 1.29 is 14.8 Å². The third-order valence-corrected chi connectivity index (χ3v) is 6.12. The van der Waals surface area contributed by atoms with E-state index in [1.54, 1.807) is 7.11 Å². The number of rotatable bonds is 2. The van der Waals surface area contributed by atoms with E-state index in [1.165, 1.54) is 0 Å². The van der Waals surface area contributed by atoms with Gasteiger partial charge in [0.1, 0.15) is 0 Å². The number of benzene rings is 2. The summed E-state index contributed by atoms with van der Waals surface area (Å²) in [5.41, 5.74) is 2.97. The van der Waals surface area contributed by atoms with Crippen molar-refractivity contribution in [3.8, 4) is 11.5 Å². The van der Waals surface area contributed by atoms with E-state index >= 15 is 0 Å². The Morgan fingerprint density at radius 3 is 2.70 bits per heavy atom. The summed E-state index contributed by atoms with van der Waals surface area (Å²) in [6, 6.07) is 14.3. The molecule has 3 aliphatic heterocycles. The summed E-state index contributed by atoms with van der Waals surface area (Å²) >= 11 is 6.07. The quantitative estimate of drug-likeness (QED) is 0.866.